The zero-order valence-corrected chi connectivity index (χ0v) is 15.5. The zero-order chi connectivity index (χ0) is 18.0. The van der Waals surface area contributed by atoms with Crippen LogP contribution in [0.4, 0.5) is 11.4 Å². The fourth-order valence-electron chi connectivity index (χ4n) is 2.91. The molecule has 0 heterocycles. The normalized spacial score (nSPS) is 11.5. The molecule has 130 valence electrons. The van der Waals surface area contributed by atoms with Gasteiger partial charge in [0.05, 0.1) is 4.90 Å². The molecule has 0 radical (unpaired) electrons. The molecule has 0 fully saturated rings. The molecule has 0 saturated heterocycles. The van der Waals surface area contributed by atoms with Crippen molar-refractivity contribution in [2.24, 2.45) is 0 Å². The van der Waals surface area contributed by atoms with Crippen LogP contribution in [0, 0.1) is 0 Å². The highest BCUT2D eigenvalue weighted by Crippen LogP contribution is 2.31. The molecular weight excluding hydrogens is 332 g/mol. The SMILES string of the molecule is CCc1ccc(NS(=O)(=O)c2cccc3c(N(C)C)cccc23)cc1. The fraction of sp³-hybridized carbons (Fsp3) is 0.200. The lowest BCUT2D eigenvalue weighted by Gasteiger charge is -2.17. The first kappa shape index (κ1) is 17.3. The van der Waals surface area contributed by atoms with E-state index in [-0.39, 0.29) is 4.90 Å². The van der Waals surface area contributed by atoms with Crippen LogP contribution in [0.2, 0.25) is 0 Å². The monoisotopic (exact) mass is 354 g/mol. The molecular formula is C20H22N2O2S. The van der Waals surface area contributed by atoms with E-state index in [9.17, 15) is 8.42 Å². The third-order valence-electron chi connectivity index (χ3n) is 4.24. The van der Waals surface area contributed by atoms with Gasteiger partial charge in [0.2, 0.25) is 0 Å². The Bertz CT molecular complexity index is 994. The summed E-state index contributed by atoms with van der Waals surface area (Å²) < 4.78 is 28.5. The average molecular weight is 354 g/mol. The van der Waals surface area contributed by atoms with E-state index in [1.165, 1.54) is 5.56 Å². The third-order valence-corrected chi connectivity index (χ3v) is 5.68. The Morgan fingerprint density at radius 1 is 0.880 bits per heavy atom. The molecule has 0 amide bonds. The van der Waals surface area contributed by atoms with E-state index in [4.69, 9.17) is 0 Å². The lowest BCUT2D eigenvalue weighted by molar-refractivity contribution is 0.602. The largest absolute Gasteiger partial charge is 0.377 e. The minimum Gasteiger partial charge on any atom is -0.377 e. The number of anilines is 2. The first-order valence-corrected chi connectivity index (χ1v) is 9.71. The zero-order valence-electron chi connectivity index (χ0n) is 14.7. The molecule has 0 spiro atoms. The second-order valence-corrected chi connectivity index (χ2v) is 7.83. The lowest BCUT2D eigenvalue weighted by atomic mass is 10.1. The minimum atomic E-state index is -3.67. The number of nitrogens with one attached hydrogen (secondary N) is 1. The molecule has 0 unspecified atom stereocenters. The topological polar surface area (TPSA) is 49.4 Å². The van der Waals surface area contributed by atoms with Crippen LogP contribution in [0.15, 0.2) is 65.6 Å². The first-order chi connectivity index (χ1) is 11.9. The van der Waals surface area contributed by atoms with Gasteiger partial charge in [0, 0.05) is 36.2 Å². The smallest absolute Gasteiger partial charge is 0.262 e. The second kappa shape index (κ2) is 6.76. The molecule has 0 saturated carbocycles. The Labute approximate surface area is 149 Å². The molecule has 0 aliphatic carbocycles. The van der Waals surface area contributed by atoms with Gasteiger partial charge < -0.3 is 4.90 Å². The van der Waals surface area contributed by atoms with Gasteiger partial charge in [-0.25, -0.2) is 8.42 Å². The maximum atomic E-state index is 12.9. The van der Waals surface area contributed by atoms with Crippen molar-refractivity contribution in [3.8, 4) is 0 Å². The molecule has 3 aromatic carbocycles. The number of hydrogen-bond acceptors (Lipinski definition) is 3. The molecule has 0 bridgehead atoms. The Morgan fingerprint density at radius 2 is 1.52 bits per heavy atom. The van der Waals surface area contributed by atoms with Crippen molar-refractivity contribution in [3.63, 3.8) is 0 Å². The quantitative estimate of drug-likeness (QED) is 0.744. The summed E-state index contributed by atoms with van der Waals surface area (Å²) in [5.74, 6) is 0. The van der Waals surface area contributed by atoms with E-state index in [0.717, 1.165) is 17.5 Å². The van der Waals surface area contributed by atoms with Crippen LogP contribution in [0.3, 0.4) is 0 Å². The van der Waals surface area contributed by atoms with Crippen LogP contribution in [0.1, 0.15) is 12.5 Å². The number of benzene rings is 3. The maximum Gasteiger partial charge on any atom is 0.262 e. The summed E-state index contributed by atoms with van der Waals surface area (Å²) >= 11 is 0. The van der Waals surface area contributed by atoms with Gasteiger partial charge in [0.15, 0.2) is 0 Å². The first-order valence-electron chi connectivity index (χ1n) is 8.23. The van der Waals surface area contributed by atoms with Gasteiger partial charge in [-0.3, -0.25) is 4.72 Å². The van der Waals surface area contributed by atoms with Crippen molar-refractivity contribution in [2.75, 3.05) is 23.7 Å². The molecule has 0 aliphatic heterocycles. The second-order valence-electron chi connectivity index (χ2n) is 6.18. The molecule has 0 atom stereocenters. The summed E-state index contributed by atoms with van der Waals surface area (Å²) in [6, 6.07) is 18.5. The number of fused-ring (bicyclic) bond motifs is 1. The van der Waals surface area contributed by atoms with Gasteiger partial charge in [-0.15, -0.1) is 0 Å². The molecule has 1 N–H and O–H groups in total. The van der Waals surface area contributed by atoms with Crippen molar-refractivity contribution < 1.29 is 8.42 Å². The van der Waals surface area contributed by atoms with Crippen molar-refractivity contribution in [1.29, 1.82) is 0 Å². The molecule has 0 aliphatic rings. The van der Waals surface area contributed by atoms with Crippen molar-refractivity contribution >= 4 is 32.2 Å². The summed E-state index contributed by atoms with van der Waals surface area (Å²) in [5.41, 5.74) is 2.73. The van der Waals surface area contributed by atoms with Crippen LogP contribution in [-0.2, 0) is 16.4 Å². The Morgan fingerprint density at radius 3 is 2.16 bits per heavy atom. The summed E-state index contributed by atoms with van der Waals surface area (Å²) in [6.45, 7) is 2.07. The third kappa shape index (κ3) is 3.46. The highest BCUT2D eigenvalue weighted by atomic mass is 32.2. The van der Waals surface area contributed by atoms with Gasteiger partial charge in [-0.2, -0.15) is 0 Å². The van der Waals surface area contributed by atoms with E-state index in [0.29, 0.717) is 11.1 Å². The van der Waals surface area contributed by atoms with E-state index < -0.39 is 10.0 Å². The number of hydrogen-bond donors (Lipinski definition) is 1. The van der Waals surface area contributed by atoms with Gasteiger partial charge in [-0.1, -0.05) is 43.3 Å². The number of aryl methyl sites for hydroxylation is 1. The standard InChI is InChI=1S/C20H22N2O2S/c1-4-15-11-13-16(14-12-15)21-25(23,24)20-10-6-7-17-18(20)8-5-9-19(17)22(2)3/h5-14,21H,4H2,1-3H3. The molecule has 3 aromatic rings. The van der Waals surface area contributed by atoms with Crippen molar-refractivity contribution in [1.82, 2.24) is 0 Å². The predicted molar refractivity (Wildman–Crippen MR) is 105 cm³/mol. The van der Waals surface area contributed by atoms with Crippen molar-refractivity contribution in [3.05, 3.63) is 66.2 Å². The molecule has 25 heavy (non-hydrogen) atoms. The Balaban J connectivity index is 2.06. The lowest BCUT2D eigenvalue weighted by Crippen LogP contribution is -2.14. The summed E-state index contributed by atoms with van der Waals surface area (Å²) in [4.78, 5) is 2.27. The molecule has 0 aromatic heterocycles. The molecule has 5 heteroatoms. The number of nitrogens with zero attached hydrogens (tertiary/aromatic N) is 1. The summed E-state index contributed by atoms with van der Waals surface area (Å²) in [7, 11) is 0.225. The molecule has 3 rings (SSSR count). The summed E-state index contributed by atoms with van der Waals surface area (Å²) in [6.07, 6.45) is 0.920. The Hall–Kier alpha value is -2.53. The predicted octanol–water partition coefficient (Wildman–Crippen LogP) is 4.27. The van der Waals surface area contributed by atoms with Crippen molar-refractivity contribution in [2.45, 2.75) is 18.2 Å². The van der Waals surface area contributed by atoms with Crippen LogP contribution < -0.4 is 9.62 Å². The van der Waals surface area contributed by atoms with Gasteiger partial charge in [0.25, 0.3) is 10.0 Å². The summed E-state index contributed by atoms with van der Waals surface area (Å²) in [5, 5.41) is 1.63. The highest BCUT2D eigenvalue weighted by molar-refractivity contribution is 7.93. The minimum absolute atomic E-state index is 0.285. The molecule has 4 nitrogen and oxygen atoms in total. The van der Waals surface area contributed by atoms with E-state index in [2.05, 4.69) is 11.6 Å². The fourth-order valence-corrected chi connectivity index (χ4v) is 4.19. The van der Waals surface area contributed by atoms with Crippen LogP contribution in [0.25, 0.3) is 10.8 Å². The highest BCUT2D eigenvalue weighted by Gasteiger charge is 2.18. The van der Waals surface area contributed by atoms with Crippen LogP contribution >= 0.6 is 0 Å². The Kier molecular flexibility index (Phi) is 4.68. The van der Waals surface area contributed by atoms with E-state index in [1.54, 1.807) is 24.3 Å². The van der Waals surface area contributed by atoms with Gasteiger partial charge in [0.1, 0.15) is 0 Å². The van der Waals surface area contributed by atoms with Crippen LogP contribution in [-0.4, -0.2) is 22.5 Å². The maximum absolute atomic E-state index is 12.9. The van der Waals surface area contributed by atoms with Gasteiger partial charge >= 0.3 is 0 Å². The van der Waals surface area contributed by atoms with E-state index in [1.807, 2.05) is 55.4 Å². The van der Waals surface area contributed by atoms with Crippen LogP contribution in [0.5, 0.6) is 0 Å². The number of rotatable bonds is 5. The van der Waals surface area contributed by atoms with Gasteiger partial charge in [-0.05, 0) is 36.2 Å². The average Bonchev–Trinajstić information content (AvgIpc) is 2.60. The van der Waals surface area contributed by atoms with E-state index >= 15 is 0 Å². The number of sulfonamides is 1.